The average molecular weight is 363 g/mol. The summed E-state index contributed by atoms with van der Waals surface area (Å²) in [6, 6.07) is 10.9. The second-order valence-electron chi connectivity index (χ2n) is 5.78. The Balaban J connectivity index is 1.74. The molecule has 1 amide bonds. The van der Waals surface area contributed by atoms with E-state index >= 15 is 0 Å². The summed E-state index contributed by atoms with van der Waals surface area (Å²) in [6.45, 7) is 0. The number of aromatic amines is 2. The maximum Gasteiger partial charge on any atom is 0.259 e. The topological polar surface area (TPSA) is 105 Å². The second-order valence-corrected chi connectivity index (χ2v) is 5.78. The Morgan fingerprint density at radius 2 is 1.96 bits per heavy atom. The van der Waals surface area contributed by atoms with Crippen LogP contribution < -0.4 is 14.8 Å². The number of nitrogens with zero attached hydrogens (tertiary/aromatic N) is 2. The van der Waals surface area contributed by atoms with E-state index in [0.29, 0.717) is 34.2 Å². The number of methoxy groups -OCH3 is 2. The van der Waals surface area contributed by atoms with Gasteiger partial charge in [0.1, 0.15) is 17.2 Å². The van der Waals surface area contributed by atoms with Gasteiger partial charge in [-0.15, -0.1) is 0 Å². The number of fused-ring (bicyclic) bond motifs is 1. The average Bonchev–Trinajstić information content (AvgIpc) is 3.36. The van der Waals surface area contributed by atoms with E-state index in [-0.39, 0.29) is 5.91 Å². The predicted octanol–water partition coefficient (Wildman–Crippen LogP) is 3.22. The van der Waals surface area contributed by atoms with Gasteiger partial charge in [-0.05, 0) is 30.3 Å². The van der Waals surface area contributed by atoms with Gasteiger partial charge in [-0.25, -0.2) is 9.97 Å². The zero-order valence-electron chi connectivity index (χ0n) is 14.7. The van der Waals surface area contributed by atoms with E-state index in [1.54, 1.807) is 26.4 Å². The molecule has 0 bridgehead atoms. The monoisotopic (exact) mass is 363 g/mol. The highest BCUT2D eigenvalue weighted by atomic mass is 16.5. The quantitative estimate of drug-likeness (QED) is 0.505. The predicted molar refractivity (Wildman–Crippen MR) is 101 cm³/mol. The smallest absolute Gasteiger partial charge is 0.259 e. The van der Waals surface area contributed by atoms with Crippen LogP contribution >= 0.6 is 0 Å². The molecule has 0 radical (unpaired) electrons. The van der Waals surface area contributed by atoms with Gasteiger partial charge in [0.2, 0.25) is 0 Å². The Morgan fingerprint density at radius 1 is 1.11 bits per heavy atom. The Morgan fingerprint density at radius 3 is 2.70 bits per heavy atom. The summed E-state index contributed by atoms with van der Waals surface area (Å²) in [5.41, 5.74) is 2.63. The van der Waals surface area contributed by atoms with Crippen molar-refractivity contribution in [2.24, 2.45) is 0 Å². The number of hydrogen-bond donors (Lipinski definition) is 3. The van der Waals surface area contributed by atoms with Gasteiger partial charge in [0.15, 0.2) is 11.5 Å². The van der Waals surface area contributed by atoms with Crippen molar-refractivity contribution in [3.8, 4) is 22.9 Å². The highest BCUT2D eigenvalue weighted by Gasteiger charge is 2.16. The molecule has 0 unspecified atom stereocenters. The molecule has 0 saturated carbocycles. The molecule has 0 aliphatic heterocycles. The summed E-state index contributed by atoms with van der Waals surface area (Å²) < 4.78 is 10.6. The fourth-order valence-electron chi connectivity index (χ4n) is 2.85. The third kappa shape index (κ3) is 3.08. The van der Waals surface area contributed by atoms with Crippen molar-refractivity contribution in [3.05, 3.63) is 54.5 Å². The van der Waals surface area contributed by atoms with Gasteiger partial charge < -0.3 is 24.8 Å². The van der Waals surface area contributed by atoms with Crippen molar-refractivity contribution in [1.29, 1.82) is 0 Å². The number of hydrogen-bond acceptors (Lipinski definition) is 5. The van der Waals surface area contributed by atoms with Crippen molar-refractivity contribution in [1.82, 2.24) is 19.9 Å². The highest BCUT2D eigenvalue weighted by molar-refractivity contribution is 6.11. The van der Waals surface area contributed by atoms with Crippen LogP contribution in [0.4, 0.5) is 5.82 Å². The second kappa shape index (κ2) is 6.83. The van der Waals surface area contributed by atoms with Crippen LogP contribution in [0.5, 0.6) is 11.5 Å². The number of carbonyl (C=O) groups is 1. The molecule has 0 spiro atoms. The molecular weight excluding hydrogens is 346 g/mol. The normalized spacial score (nSPS) is 10.7. The van der Waals surface area contributed by atoms with E-state index in [0.717, 1.165) is 11.1 Å². The lowest BCUT2D eigenvalue weighted by atomic mass is 10.1. The van der Waals surface area contributed by atoms with Gasteiger partial charge >= 0.3 is 0 Å². The summed E-state index contributed by atoms with van der Waals surface area (Å²) in [6.07, 6.45) is 3.04. The molecule has 3 N–H and O–H groups in total. The minimum absolute atomic E-state index is 0.268. The van der Waals surface area contributed by atoms with Gasteiger partial charge in [0.05, 0.1) is 37.8 Å². The van der Waals surface area contributed by atoms with Gasteiger partial charge in [-0.2, -0.15) is 0 Å². The Kier molecular flexibility index (Phi) is 4.21. The lowest BCUT2D eigenvalue weighted by Gasteiger charge is -2.08. The van der Waals surface area contributed by atoms with Crippen LogP contribution in [-0.4, -0.2) is 40.1 Å². The number of anilines is 1. The third-order valence-corrected chi connectivity index (χ3v) is 4.16. The van der Waals surface area contributed by atoms with E-state index in [2.05, 4.69) is 25.3 Å². The zero-order chi connectivity index (χ0) is 18.8. The van der Waals surface area contributed by atoms with Crippen LogP contribution in [0.3, 0.4) is 0 Å². The molecule has 136 valence electrons. The summed E-state index contributed by atoms with van der Waals surface area (Å²) in [5.74, 6) is 2.13. The first-order valence-corrected chi connectivity index (χ1v) is 8.20. The number of amides is 1. The number of nitrogens with one attached hydrogen (secondary N) is 3. The third-order valence-electron chi connectivity index (χ3n) is 4.16. The van der Waals surface area contributed by atoms with Crippen molar-refractivity contribution in [2.75, 3.05) is 19.5 Å². The number of rotatable bonds is 5. The first-order chi connectivity index (χ1) is 13.2. The molecule has 27 heavy (non-hydrogen) atoms. The van der Waals surface area contributed by atoms with Crippen LogP contribution in [0.15, 0.2) is 48.9 Å². The van der Waals surface area contributed by atoms with Crippen molar-refractivity contribution in [2.45, 2.75) is 0 Å². The van der Waals surface area contributed by atoms with Gasteiger partial charge in [-0.3, -0.25) is 4.79 Å². The zero-order valence-corrected chi connectivity index (χ0v) is 14.7. The Labute approximate surface area is 154 Å². The first-order valence-electron chi connectivity index (χ1n) is 8.20. The molecule has 2 heterocycles. The number of H-pyrrole nitrogens is 2. The number of para-hydroxylation sites is 1. The minimum Gasteiger partial charge on any atom is -0.493 e. The standard InChI is InChI=1S/C19H17N5O3/c1-26-14-7-6-11(8-15(14)27-2)18-22-13-5-3-4-12(17(13)24-18)19(25)23-16-9-20-10-21-16/h3-10H,1-2H3,(H,20,21)(H,22,24)(H,23,25). The maximum absolute atomic E-state index is 12.6. The number of benzene rings is 2. The molecule has 4 aromatic rings. The van der Waals surface area contributed by atoms with Crippen molar-refractivity contribution in [3.63, 3.8) is 0 Å². The minimum atomic E-state index is -0.268. The molecule has 0 atom stereocenters. The van der Waals surface area contributed by atoms with Crippen molar-refractivity contribution < 1.29 is 14.3 Å². The summed E-state index contributed by atoms with van der Waals surface area (Å²) in [5, 5.41) is 2.77. The Hall–Kier alpha value is -3.81. The van der Waals surface area contributed by atoms with Crippen LogP contribution in [0, 0.1) is 0 Å². The Bertz CT molecular complexity index is 1100. The maximum atomic E-state index is 12.6. The van der Waals surface area contributed by atoms with E-state index in [1.165, 1.54) is 12.5 Å². The molecule has 2 aromatic carbocycles. The molecule has 0 fully saturated rings. The molecule has 8 nitrogen and oxygen atoms in total. The summed E-state index contributed by atoms with van der Waals surface area (Å²) in [7, 11) is 3.17. The van der Waals surface area contributed by atoms with E-state index in [4.69, 9.17) is 9.47 Å². The fourth-order valence-corrected chi connectivity index (χ4v) is 2.85. The van der Waals surface area contributed by atoms with Gasteiger partial charge in [0.25, 0.3) is 5.91 Å². The van der Waals surface area contributed by atoms with Gasteiger partial charge in [-0.1, -0.05) is 6.07 Å². The fraction of sp³-hybridized carbons (Fsp3) is 0.105. The van der Waals surface area contributed by atoms with Crippen LogP contribution in [0.1, 0.15) is 10.4 Å². The number of aromatic nitrogens is 4. The summed E-state index contributed by atoms with van der Waals surface area (Å²) >= 11 is 0. The van der Waals surface area contributed by atoms with Crippen LogP contribution in [0.25, 0.3) is 22.4 Å². The van der Waals surface area contributed by atoms with E-state index < -0.39 is 0 Å². The molecule has 0 aliphatic rings. The van der Waals surface area contributed by atoms with Crippen LogP contribution in [-0.2, 0) is 0 Å². The molecule has 0 saturated heterocycles. The number of imidazole rings is 2. The van der Waals surface area contributed by atoms with Crippen LogP contribution in [0.2, 0.25) is 0 Å². The van der Waals surface area contributed by atoms with E-state index in [1.807, 2.05) is 24.3 Å². The summed E-state index contributed by atoms with van der Waals surface area (Å²) in [4.78, 5) is 27.2. The highest BCUT2D eigenvalue weighted by Crippen LogP contribution is 2.32. The molecular formula is C19H17N5O3. The lowest BCUT2D eigenvalue weighted by molar-refractivity contribution is 0.102. The van der Waals surface area contributed by atoms with Crippen molar-refractivity contribution >= 4 is 22.8 Å². The molecule has 4 rings (SSSR count). The molecule has 2 aromatic heterocycles. The lowest BCUT2D eigenvalue weighted by Crippen LogP contribution is -2.12. The largest absolute Gasteiger partial charge is 0.493 e. The number of ether oxygens (including phenoxy) is 2. The van der Waals surface area contributed by atoms with Gasteiger partial charge in [0, 0.05) is 5.56 Å². The first kappa shape index (κ1) is 16.6. The SMILES string of the molecule is COc1ccc(-c2nc3c(C(=O)Nc4cnc[nH]4)cccc3[nH]2)cc1OC. The number of carbonyl (C=O) groups excluding carboxylic acids is 1. The van der Waals surface area contributed by atoms with E-state index in [9.17, 15) is 4.79 Å². The molecule has 8 heteroatoms. The molecule has 0 aliphatic carbocycles.